The maximum absolute atomic E-state index is 13.3. The third kappa shape index (κ3) is 4.41. The number of benzene rings is 2. The van der Waals surface area contributed by atoms with Gasteiger partial charge in [0.2, 0.25) is 10.0 Å². The van der Waals surface area contributed by atoms with Crippen LogP contribution >= 0.6 is 0 Å². The number of primary sulfonamides is 1. The van der Waals surface area contributed by atoms with E-state index in [1.54, 1.807) is 36.4 Å². The molecule has 1 saturated heterocycles. The fraction of sp³-hybridized carbons (Fsp3) is 0.160. The monoisotopic (exact) mass is 492 g/mol. The van der Waals surface area contributed by atoms with Crippen LogP contribution in [0.25, 0.3) is 11.8 Å². The molecule has 10 heteroatoms. The molecule has 4 amide bonds. The fourth-order valence-corrected chi connectivity index (χ4v) is 4.54. The van der Waals surface area contributed by atoms with Gasteiger partial charge in [-0.2, -0.15) is 0 Å². The molecule has 0 spiro atoms. The van der Waals surface area contributed by atoms with Crippen LogP contribution < -0.4 is 15.4 Å². The van der Waals surface area contributed by atoms with Crippen LogP contribution in [0, 0.1) is 27.7 Å². The summed E-state index contributed by atoms with van der Waals surface area (Å²) in [6.45, 7) is 7.45. The fourth-order valence-electron chi connectivity index (χ4n) is 4.03. The van der Waals surface area contributed by atoms with Crippen LogP contribution in [0.1, 0.15) is 28.1 Å². The zero-order valence-electron chi connectivity index (χ0n) is 19.6. The Kier molecular flexibility index (Phi) is 5.95. The molecular weight excluding hydrogens is 468 g/mol. The molecule has 2 heterocycles. The van der Waals surface area contributed by atoms with E-state index in [1.165, 1.54) is 18.2 Å². The highest BCUT2D eigenvalue weighted by atomic mass is 32.2. The molecule has 2 aromatic carbocycles. The molecule has 0 saturated carbocycles. The minimum Gasteiger partial charge on any atom is -0.318 e. The van der Waals surface area contributed by atoms with E-state index < -0.39 is 27.9 Å². The number of sulfonamides is 1. The van der Waals surface area contributed by atoms with Crippen LogP contribution in [0.3, 0.4) is 0 Å². The number of nitrogens with one attached hydrogen (secondary N) is 1. The first-order valence-electron chi connectivity index (χ1n) is 10.7. The van der Waals surface area contributed by atoms with Crippen molar-refractivity contribution in [3.05, 3.63) is 82.2 Å². The van der Waals surface area contributed by atoms with Gasteiger partial charge in [-0.3, -0.25) is 14.9 Å². The van der Waals surface area contributed by atoms with Gasteiger partial charge in [-0.15, -0.1) is 0 Å². The Bertz CT molecular complexity index is 1530. The van der Waals surface area contributed by atoms with E-state index in [-0.39, 0.29) is 10.5 Å². The van der Waals surface area contributed by atoms with Crippen LogP contribution in [0.15, 0.2) is 59.0 Å². The minimum atomic E-state index is -3.82. The topological polar surface area (TPSA) is 132 Å². The Morgan fingerprint density at radius 1 is 0.857 bits per heavy atom. The Morgan fingerprint density at radius 2 is 1.49 bits per heavy atom. The van der Waals surface area contributed by atoms with Gasteiger partial charge in [-0.25, -0.2) is 23.3 Å². The van der Waals surface area contributed by atoms with Crippen LogP contribution in [0.5, 0.6) is 0 Å². The van der Waals surface area contributed by atoms with Gasteiger partial charge in [0.15, 0.2) is 0 Å². The molecule has 0 unspecified atom stereocenters. The lowest BCUT2D eigenvalue weighted by atomic mass is 10.1. The van der Waals surface area contributed by atoms with Gasteiger partial charge in [0.1, 0.15) is 5.57 Å². The second-order valence-corrected chi connectivity index (χ2v) is 9.99. The highest BCUT2D eigenvalue weighted by molar-refractivity contribution is 7.89. The van der Waals surface area contributed by atoms with E-state index in [4.69, 9.17) is 5.14 Å². The summed E-state index contributed by atoms with van der Waals surface area (Å²) in [6.07, 6.45) is 1.45. The van der Waals surface area contributed by atoms with Crippen molar-refractivity contribution in [3.8, 4) is 5.69 Å². The zero-order valence-corrected chi connectivity index (χ0v) is 20.4. The molecule has 3 aromatic rings. The molecule has 1 fully saturated rings. The zero-order chi connectivity index (χ0) is 25.7. The van der Waals surface area contributed by atoms with E-state index in [0.29, 0.717) is 22.6 Å². The van der Waals surface area contributed by atoms with Crippen molar-refractivity contribution in [2.45, 2.75) is 32.6 Å². The SMILES string of the molecule is Cc1ccc(N2C(=O)NC(=O)/C(=C\c3cc(C)n(-c4ccc(S(N)(=O)=O)cc4)c3C)C2=O)cc1C. The smallest absolute Gasteiger partial charge is 0.318 e. The largest absolute Gasteiger partial charge is 0.335 e. The predicted octanol–water partition coefficient (Wildman–Crippen LogP) is 3.02. The molecule has 4 rings (SSSR count). The van der Waals surface area contributed by atoms with E-state index in [2.05, 4.69) is 5.32 Å². The van der Waals surface area contributed by atoms with Crippen molar-refractivity contribution < 1.29 is 22.8 Å². The number of aryl methyl sites for hydroxylation is 3. The number of aromatic nitrogens is 1. The lowest BCUT2D eigenvalue weighted by Gasteiger charge is -2.26. The predicted molar refractivity (Wildman–Crippen MR) is 132 cm³/mol. The summed E-state index contributed by atoms with van der Waals surface area (Å²) in [5.41, 5.74) is 4.91. The number of anilines is 1. The van der Waals surface area contributed by atoms with Gasteiger partial charge in [-0.05, 0) is 92.9 Å². The second-order valence-electron chi connectivity index (χ2n) is 8.43. The van der Waals surface area contributed by atoms with Gasteiger partial charge < -0.3 is 4.57 Å². The van der Waals surface area contributed by atoms with Crippen LogP contribution in [-0.4, -0.2) is 30.8 Å². The summed E-state index contributed by atoms with van der Waals surface area (Å²) in [4.78, 5) is 39.3. The van der Waals surface area contributed by atoms with Crippen LogP contribution in [-0.2, 0) is 19.6 Å². The molecule has 9 nitrogen and oxygen atoms in total. The summed E-state index contributed by atoms with van der Waals surface area (Å²) >= 11 is 0. The summed E-state index contributed by atoms with van der Waals surface area (Å²) in [5.74, 6) is -1.49. The molecule has 1 aliphatic heterocycles. The van der Waals surface area contributed by atoms with Crippen LogP contribution in [0.4, 0.5) is 10.5 Å². The standard InChI is InChI=1S/C25H24N4O5S/c1-14-5-6-20(11-15(14)2)29-24(31)22(23(30)27-25(29)32)13-18-12-16(3)28(17(18)4)19-7-9-21(10-8-19)35(26,33)34/h5-13H,1-4H3,(H2,26,33,34)(H,27,30,32)/b22-13+. The highest BCUT2D eigenvalue weighted by Crippen LogP contribution is 2.27. The number of carbonyl (C=O) groups excluding carboxylic acids is 3. The van der Waals surface area contributed by atoms with Gasteiger partial charge >= 0.3 is 6.03 Å². The quantitative estimate of drug-likeness (QED) is 0.427. The maximum Gasteiger partial charge on any atom is 0.335 e. The molecule has 0 bridgehead atoms. The number of barbiturate groups is 1. The van der Waals surface area contributed by atoms with Crippen molar-refractivity contribution in [1.29, 1.82) is 0 Å². The van der Waals surface area contributed by atoms with Crippen molar-refractivity contribution in [2.24, 2.45) is 5.14 Å². The number of carbonyl (C=O) groups is 3. The summed E-state index contributed by atoms with van der Waals surface area (Å²) < 4.78 is 25.0. The third-order valence-electron chi connectivity index (χ3n) is 6.04. The van der Waals surface area contributed by atoms with E-state index in [9.17, 15) is 22.8 Å². The lowest BCUT2D eigenvalue weighted by molar-refractivity contribution is -0.122. The number of nitrogens with two attached hydrogens (primary N) is 1. The van der Waals surface area contributed by atoms with Gasteiger partial charge in [0, 0.05) is 17.1 Å². The highest BCUT2D eigenvalue weighted by Gasteiger charge is 2.37. The lowest BCUT2D eigenvalue weighted by Crippen LogP contribution is -2.54. The van der Waals surface area contributed by atoms with Crippen molar-refractivity contribution in [3.63, 3.8) is 0 Å². The summed E-state index contributed by atoms with van der Waals surface area (Å²) in [7, 11) is -3.82. The first-order valence-corrected chi connectivity index (χ1v) is 12.2. The minimum absolute atomic E-state index is 0.00775. The first kappa shape index (κ1) is 24.1. The molecule has 180 valence electrons. The Labute approximate surface area is 202 Å². The molecule has 0 aliphatic carbocycles. The number of hydrogen-bond donors (Lipinski definition) is 2. The van der Waals surface area contributed by atoms with Gasteiger partial charge in [0.25, 0.3) is 11.8 Å². The number of hydrogen-bond acceptors (Lipinski definition) is 5. The van der Waals surface area contributed by atoms with E-state index in [1.807, 2.05) is 32.3 Å². The number of amides is 4. The summed E-state index contributed by atoms with van der Waals surface area (Å²) in [5, 5.41) is 7.42. The molecule has 3 N–H and O–H groups in total. The number of nitrogens with zero attached hydrogens (tertiary/aromatic N) is 2. The van der Waals surface area contributed by atoms with Gasteiger partial charge in [0.05, 0.1) is 10.6 Å². The van der Waals surface area contributed by atoms with E-state index in [0.717, 1.165) is 21.7 Å². The Hall–Kier alpha value is -4.02. The average Bonchev–Trinajstić information content (AvgIpc) is 3.05. The number of imide groups is 2. The van der Waals surface area contributed by atoms with Crippen molar-refractivity contribution in [1.82, 2.24) is 9.88 Å². The molecule has 1 aromatic heterocycles. The summed E-state index contributed by atoms with van der Waals surface area (Å²) in [6, 6.07) is 12.2. The molecule has 1 aliphatic rings. The van der Waals surface area contributed by atoms with Gasteiger partial charge in [-0.1, -0.05) is 6.07 Å². The Morgan fingerprint density at radius 3 is 2.09 bits per heavy atom. The van der Waals surface area contributed by atoms with E-state index >= 15 is 0 Å². The molecule has 35 heavy (non-hydrogen) atoms. The molecular formula is C25H24N4O5S. The molecule has 0 radical (unpaired) electrons. The average molecular weight is 493 g/mol. The third-order valence-corrected chi connectivity index (χ3v) is 6.97. The van der Waals surface area contributed by atoms with Crippen molar-refractivity contribution >= 4 is 39.6 Å². The normalized spacial score (nSPS) is 15.6. The first-order chi connectivity index (χ1) is 16.4. The van der Waals surface area contributed by atoms with Crippen LogP contribution in [0.2, 0.25) is 0 Å². The second kappa shape index (κ2) is 8.64. The van der Waals surface area contributed by atoms with Crippen molar-refractivity contribution in [2.75, 3.05) is 4.90 Å². The Balaban J connectivity index is 1.74. The molecule has 0 atom stereocenters. The maximum atomic E-state index is 13.3. The number of urea groups is 1. The number of rotatable bonds is 4.